The number of benzene rings is 4. The number of anilines is 4. The molecular formula is C96H141I2N12O18Y5-. The number of halogens is 2. The van der Waals surface area contributed by atoms with Crippen LogP contribution in [0.2, 0.25) is 0 Å². The second-order valence-electron chi connectivity index (χ2n) is 25.1. The molecule has 12 aromatic rings. The molecule has 0 bridgehead atoms. The monoisotopic (exact) mass is 2450 g/mol. The Hall–Kier alpha value is -5.43. The molecule has 0 aliphatic carbocycles. The summed E-state index contributed by atoms with van der Waals surface area (Å²) in [6.07, 6.45) is 8.25. The number of carbonyl (C=O) groups excluding carboxylic acids is 4. The number of ether oxygens (including phenoxy) is 3. The number of aromatic nitrogens is 8. The van der Waals surface area contributed by atoms with Crippen LogP contribution in [0, 0.1) is 27.7 Å². The molecule has 4 atom stereocenters. The molecule has 3 amide bonds. The summed E-state index contributed by atoms with van der Waals surface area (Å²) in [6, 6.07) is 45.1. The van der Waals surface area contributed by atoms with E-state index in [9.17, 15) is 29.1 Å². The molecule has 0 aliphatic heterocycles. The third-order valence-electron chi connectivity index (χ3n) is 17.8. The first kappa shape index (κ1) is 141. The summed E-state index contributed by atoms with van der Waals surface area (Å²) >= 11 is 2.96. The van der Waals surface area contributed by atoms with E-state index >= 15 is 0 Å². The van der Waals surface area contributed by atoms with Crippen molar-refractivity contribution in [2.75, 3.05) is 94.3 Å². The van der Waals surface area contributed by atoms with Crippen LogP contribution in [0.15, 0.2) is 207 Å². The maximum atomic E-state index is 12.8. The van der Waals surface area contributed by atoms with Gasteiger partial charge in [0.2, 0.25) is 17.7 Å². The Bertz CT molecular complexity index is 4710. The number of aliphatic hydroxyl groups is 1. The number of rotatable bonds is 30. The van der Waals surface area contributed by atoms with Gasteiger partial charge in [0.1, 0.15) is 23.0 Å². The Morgan fingerprint density at radius 3 is 0.842 bits per heavy atom. The van der Waals surface area contributed by atoms with Crippen LogP contribution in [0.25, 0.3) is 45.8 Å². The normalized spacial score (nSPS) is 10.2. The van der Waals surface area contributed by atoms with Gasteiger partial charge in [-0.3, -0.25) is 24.0 Å². The zero-order valence-electron chi connectivity index (χ0n) is 83.2. The summed E-state index contributed by atoms with van der Waals surface area (Å²) in [6.45, 7) is 40.3. The van der Waals surface area contributed by atoms with Gasteiger partial charge in [-0.1, -0.05) is 225 Å². The van der Waals surface area contributed by atoms with Crippen LogP contribution in [0.1, 0.15) is 231 Å². The van der Waals surface area contributed by atoms with Gasteiger partial charge in [0.15, 0.2) is 45.8 Å². The molecule has 0 saturated heterocycles. The molecule has 0 spiro atoms. The molecule has 5 radical (unpaired) electrons. The van der Waals surface area contributed by atoms with Crippen LogP contribution in [0.3, 0.4) is 0 Å². The number of para-hydroxylation sites is 4. The van der Waals surface area contributed by atoms with Crippen molar-refractivity contribution in [1.29, 1.82) is 0 Å². The minimum absolute atomic E-state index is 0. The molecule has 0 aliphatic rings. The number of hydrogen-bond acceptors (Lipinski definition) is 26. The van der Waals surface area contributed by atoms with E-state index < -0.39 is 17.9 Å². The number of amides is 3. The predicted molar refractivity (Wildman–Crippen MR) is 512 cm³/mol. The molecule has 4 unspecified atom stereocenters. The largest absolute Gasteiger partial charge is 0.396 e. The first-order valence-electron chi connectivity index (χ1n) is 43.4. The number of nitrogens with one attached hydrogen (secondary N) is 1. The van der Waals surface area contributed by atoms with E-state index in [-0.39, 0.29) is 231 Å². The third-order valence-corrected chi connectivity index (χ3v) is 17.8. The zero-order chi connectivity index (χ0) is 96.9. The molecule has 8 heterocycles. The van der Waals surface area contributed by atoms with E-state index in [0.29, 0.717) is 131 Å². The molecule has 37 heteroatoms. The Morgan fingerprint density at radius 1 is 0.383 bits per heavy atom. The number of aliphatic carboxylic acids is 1. The van der Waals surface area contributed by atoms with Crippen LogP contribution in [0.4, 0.5) is 22.7 Å². The van der Waals surface area contributed by atoms with Gasteiger partial charge in [-0.2, -0.15) is 0 Å². The van der Waals surface area contributed by atoms with Crippen LogP contribution >= 0.6 is 18.6 Å². The second-order valence-corrected chi connectivity index (χ2v) is 31.4. The van der Waals surface area contributed by atoms with Crippen LogP contribution < -0.4 is 37.2 Å². The van der Waals surface area contributed by atoms with E-state index in [1.807, 2.05) is 260 Å². The topological polar surface area (TPSA) is 383 Å². The molecule has 133 heavy (non-hydrogen) atoms. The zero-order valence-corrected chi connectivity index (χ0v) is 102. The minimum Gasteiger partial charge on any atom is -0.396 e. The number of methoxy groups -OCH3 is 3. The molecule has 30 nitrogen and oxygen atoms in total. The second kappa shape index (κ2) is 88.0. The van der Waals surface area contributed by atoms with Crippen molar-refractivity contribution in [3.05, 3.63) is 216 Å². The molecular weight excluding hydrogens is 2310 g/mol. The fourth-order valence-corrected chi connectivity index (χ4v) is 11.6. The molecule has 0 fully saturated rings. The van der Waals surface area contributed by atoms with Gasteiger partial charge < -0.3 is 80.6 Å². The average molecular weight is 2450 g/mol. The van der Waals surface area contributed by atoms with Crippen molar-refractivity contribution in [1.82, 2.24) is 41.3 Å². The number of esters is 1. The molecule has 3 N–H and O–H groups in total. The standard InChI is InChI=1S/C20H21N3O5.C20H23N3O4.C19H21N3O4.C13H16N2O5.C7H9N.8C2H6.CH3I2.5Y/c1-13-19(16-9-10-21-27-16)22-28-20(13)14(12-18(25)26-3)11-17(24)23(2)15-7-5-4-6-8-15;1-14-19(17-9-11-21-26-17)22-27-20(14)15(10-12-25-3)13-18(24)23(2)16-7-5-4-6-8-16;1-13-18(16-8-10-20-25-16)21-26-19(13)14(9-11-23)12-17(24)22(2)15-6-4-3-5-7-15;1-8-12(10-3-5-14-19-10)15-20-13(8)9(4-6-18-2)7-11(16)17;1-8-7-5-3-2-4-6-7;8*1-2;1-3-2;;;;;/h4-10,14H,11-12H2,1-3H3;4-9,11,15H,10,12-13H2,1-3H3;3-8,10,14,23H,9,11-12H2,1-2H3;3,5,9H,4,6-7H2,1-2H3,(H,16,17);2-6,8H,1H3;8*1-2H3;1H3;;;;;/q;;;;;;;;;;;;;-1;;;;;. The van der Waals surface area contributed by atoms with Crippen molar-refractivity contribution < 1.29 is 265 Å². The summed E-state index contributed by atoms with van der Waals surface area (Å²) in [4.78, 5) is 68.3. The summed E-state index contributed by atoms with van der Waals surface area (Å²) in [5.41, 5.74) is 8.90. The number of carboxylic acids is 1. The molecule has 8 aromatic heterocycles. The third kappa shape index (κ3) is 50.3. The number of aliphatic hydroxyl groups excluding tert-OH is 1. The maximum Gasteiger partial charge on any atom is 0.227 e. The van der Waals surface area contributed by atoms with Gasteiger partial charge in [-0.05, 0) is 95.5 Å². The van der Waals surface area contributed by atoms with Crippen molar-refractivity contribution in [3.63, 3.8) is 0 Å². The fourth-order valence-electron chi connectivity index (χ4n) is 11.6. The van der Waals surface area contributed by atoms with Crippen LogP contribution in [-0.4, -0.2) is 155 Å². The van der Waals surface area contributed by atoms with Crippen molar-refractivity contribution >= 4 is 71.0 Å². The molecule has 723 valence electrons. The Kier molecular flexibility index (Phi) is 93.0. The predicted octanol–water partition coefficient (Wildman–Crippen LogP) is 20.5. The SMILES string of the molecule is CC.CC.CC.CC.CC.CC.CC.CC.CNc1ccccc1.COC(=O)CC(CC(=O)N(C)c1ccccc1)c1onc(-c2ccno2)c1C.COCCC(CC(=O)N(C)c1ccccc1)c1onc(-c2ccno2)c1C.COCCC(CC(=O)O)c1onc(-c2ccno2)c1C.C[I-]I.Cc1c(-c2ccno2)noc1C(CCO)CC(=O)N(C)c1ccccc1.[Y].[Y].[Y].[Y].[Y]. The van der Waals surface area contributed by atoms with E-state index in [0.717, 1.165) is 39.4 Å². The first-order valence-corrected chi connectivity index (χ1v) is 51.8. The van der Waals surface area contributed by atoms with E-state index in [4.69, 9.17) is 55.5 Å². The Balaban J connectivity index is -0.000000289. The van der Waals surface area contributed by atoms with E-state index in [1.165, 1.54) is 25.7 Å². The summed E-state index contributed by atoms with van der Waals surface area (Å²) in [5.74, 6) is 1.51. The number of carboxylic acid groups (broad SMARTS) is 1. The summed E-state index contributed by atoms with van der Waals surface area (Å²) in [7, 11) is 11.6. The van der Waals surface area contributed by atoms with Crippen molar-refractivity contribution in [3.8, 4) is 45.8 Å². The summed E-state index contributed by atoms with van der Waals surface area (Å²) in [5, 5.41) is 52.3. The van der Waals surface area contributed by atoms with E-state index in [1.54, 1.807) is 87.4 Å². The van der Waals surface area contributed by atoms with Crippen molar-refractivity contribution in [2.24, 2.45) is 0 Å². The Morgan fingerprint density at radius 2 is 0.624 bits per heavy atom. The number of hydrogen-bond donors (Lipinski definition) is 3. The van der Waals surface area contributed by atoms with Crippen LogP contribution in [0.5, 0.6) is 0 Å². The van der Waals surface area contributed by atoms with Gasteiger partial charge >= 0.3 is 52.7 Å². The van der Waals surface area contributed by atoms with Crippen molar-refractivity contribution in [2.45, 2.75) is 214 Å². The van der Waals surface area contributed by atoms with Gasteiger partial charge in [0.05, 0.1) is 44.7 Å². The molecule has 12 rings (SSSR count). The minimum atomic E-state index is -0.886. The van der Waals surface area contributed by atoms with Crippen LogP contribution in [-0.2, 0) is 202 Å². The molecule has 0 saturated carbocycles. The number of alkyl halides is 1. The molecule has 4 aromatic carbocycles. The van der Waals surface area contributed by atoms with Gasteiger partial charge in [-0.25, -0.2) is 0 Å². The average Bonchev–Trinajstić information content (AvgIpc) is 1.68. The fraction of sp³-hybridized carbons (Fsp3) is 0.448. The van der Waals surface area contributed by atoms with Gasteiger partial charge in [-0.15, -0.1) is 0 Å². The number of carbonyl (C=O) groups is 5. The van der Waals surface area contributed by atoms with Gasteiger partial charge in [0, 0.05) is 338 Å². The van der Waals surface area contributed by atoms with E-state index in [2.05, 4.69) is 70.1 Å². The van der Waals surface area contributed by atoms with Gasteiger partial charge in [0.25, 0.3) is 0 Å². The smallest absolute Gasteiger partial charge is 0.227 e. The maximum absolute atomic E-state index is 12.8. The Labute approximate surface area is 935 Å². The first-order chi connectivity index (χ1) is 62.2. The quantitative estimate of drug-likeness (QED) is 0.0214. The summed E-state index contributed by atoms with van der Waals surface area (Å²) < 4.78 is 57.4. The number of nitrogens with zero attached hydrogens (tertiary/aromatic N) is 11.